The highest BCUT2D eigenvalue weighted by molar-refractivity contribution is 6.00. The van der Waals surface area contributed by atoms with E-state index in [2.05, 4.69) is 15.4 Å². The van der Waals surface area contributed by atoms with E-state index in [4.69, 9.17) is 15.2 Å². The van der Waals surface area contributed by atoms with Crippen LogP contribution in [0.4, 0.5) is 17.6 Å². The molecule has 5 aromatic rings. The number of primary amides is 1. The third kappa shape index (κ3) is 6.70. The van der Waals surface area contributed by atoms with Crippen molar-refractivity contribution in [1.82, 2.24) is 20.1 Å². The first-order valence-electron chi connectivity index (χ1n) is 15.8. The van der Waals surface area contributed by atoms with E-state index in [0.29, 0.717) is 34.8 Å². The Labute approximate surface area is 283 Å². The van der Waals surface area contributed by atoms with Gasteiger partial charge < -0.3 is 25.6 Å². The van der Waals surface area contributed by atoms with Gasteiger partial charge in [0.05, 0.1) is 44.0 Å². The van der Waals surface area contributed by atoms with Crippen LogP contribution >= 0.6 is 0 Å². The molecule has 1 aliphatic rings. The van der Waals surface area contributed by atoms with Crippen LogP contribution in [0.1, 0.15) is 65.0 Å². The average molecular weight is 692 g/mol. The van der Waals surface area contributed by atoms with Gasteiger partial charge in [-0.25, -0.2) is 22.5 Å². The van der Waals surface area contributed by atoms with Gasteiger partial charge in [0.2, 0.25) is 5.91 Å². The van der Waals surface area contributed by atoms with Gasteiger partial charge in [-0.1, -0.05) is 30.3 Å². The number of carbonyl (C=O) groups is 2. The summed E-state index contributed by atoms with van der Waals surface area (Å²) < 4.78 is 70.4. The van der Waals surface area contributed by atoms with Crippen LogP contribution in [0.2, 0.25) is 0 Å². The summed E-state index contributed by atoms with van der Waals surface area (Å²) in [5.41, 5.74) is 2.21. The number of rotatable bonds is 13. The van der Waals surface area contributed by atoms with E-state index in [0.717, 1.165) is 12.8 Å². The Morgan fingerprint density at radius 3 is 2.48 bits per heavy atom. The van der Waals surface area contributed by atoms with Crippen molar-refractivity contribution < 1.29 is 41.7 Å². The number of benzene rings is 3. The van der Waals surface area contributed by atoms with Crippen molar-refractivity contribution in [3.05, 3.63) is 106 Å². The molecule has 1 fully saturated rings. The molecule has 14 heteroatoms. The number of nitrogens with one attached hydrogen (secondary N) is 1. The van der Waals surface area contributed by atoms with Crippen molar-refractivity contribution in [3.63, 3.8) is 0 Å². The van der Waals surface area contributed by atoms with Crippen LogP contribution in [-0.4, -0.2) is 51.9 Å². The summed E-state index contributed by atoms with van der Waals surface area (Å²) in [5, 5.41) is 20.5. The second-order valence-corrected chi connectivity index (χ2v) is 11.9. The monoisotopic (exact) mass is 691 g/mol. The SMILES string of the molecule is CCOc1c(CC(N)=O)cc([C@@](O)(CNC(=O)c2cc(OC)c3nn(C4CC4)cc3c2)c2ccccc2)nc1-c1cc(C(F)F)c(F)cc1F. The van der Waals surface area contributed by atoms with Gasteiger partial charge in [0, 0.05) is 34.3 Å². The molecule has 1 saturated carbocycles. The Balaban J connectivity index is 1.47. The second-order valence-electron chi connectivity index (χ2n) is 11.9. The fourth-order valence-electron chi connectivity index (χ4n) is 5.82. The molecule has 2 amide bonds. The Bertz CT molecular complexity index is 2090. The van der Waals surface area contributed by atoms with Crippen LogP contribution in [0.15, 0.2) is 66.9 Å². The number of fused-ring (bicyclic) bond motifs is 1. The minimum atomic E-state index is -3.30. The third-order valence-electron chi connectivity index (χ3n) is 8.45. The molecule has 0 unspecified atom stereocenters. The number of carbonyl (C=O) groups excluding carboxylic acids is 2. The summed E-state index contributed by atoms with van der Waals surface area (Å²) >= 11 is 0. The number of pyridine rings is 1. The zero-order valence-electron chi connectivity index (χ0n) is 27.1. The third-order valence-corrected chi connectivity index (χ3v) is 8.45. The van der Waals surface area contributed by atoms with Gasteiger partial charge in [0.15, 0.2) is 0 Å². The molecule has 1 atom stereocenters. The summed E-state index contributed by atoms with van der Waals surface area (Å²) in [7, 11) is 1.47. The van der Waals surface area contributed by atoms with Gasteiger partial charge in [-0.05, 0) is 49.6 Å². The van der Waals surface area contributed by atoms with Gasteiger partial charge in [0.1, 0.15) is 39.9 Å². The smallest absolute Gasteiger partial charge is 0.266 e. The molecule has 10 nitrogen and oxygen atoms in total. The number of halogens is 4. The Hall–Kier alpha value is -5.50. The van der Waals surface area contributed by atoms with E-state index in [1.807, 2.05) is 10.9 Å². The number of aromatic nitrogens is 3. The maximum absolute atomic E-state index is 15.4. The zero-order valence-corrected chi connectivity index (χ0v) is 27.1. The molecule has 0 aliphatic heterocycles. The quantitative estimate of drug-likeness (QED) is 0.134. The highest BCUT2D eigenvalue weighted by atomic mass is 19.3. The van der Waals surface area contributed by atoms with Crippen LogP contribution < -0.4 is 20.5 Å². The van der Waals surface area contributed by atoms with Gasteiger partial charge in [0.25, 0.3) is 12.3 Å². The lowest BCUT2D eigenvalue weighted by Crippen LogP contribution is -2.42. The number of ether oxygens (including phenoxy) is 2. The van der Waals surface area contributed by atoms with Crippen LogP contribution in [0.5, 0.6) is 11.5 Å². The summed E-state index contributed by atoms with van der Waals surface area (Å²) in [6.07, 6.45) is 0.0761. The van der Waals surface area contributed by atoms with Gasteiger partial charge in [-0.15, -0.1) is 0 Å². The van der Waals surface area contributed by atoms with Crippen molar-refractivity contribution >= 4 is 22.7 Å². The highest BCUT2D eigenvalue weighted by Crippen LogP contribution is 2.41. The molecule has 0 bridgehead atoms. The summed E-state index contributed by atoms with van der Waals surface area (Å²) in [6.45, 7) is 1.08. The first kappa shape index (κ1) is 34.4. The topological polar surface area (TPSA) is 142 Å². The number of aliphatic hydroxyl groups is 1. The molecule has 1 aliphatic carbocycles. The highest BCUT2D eigenvalue weighted by Gasteiger charge is 2.37. The molecule has 0 spiro atoms. The molecule has 2 heterocycles. The normalized spacial score (nSPS) is 14.1. The van der Waals surface area contributed by atoms with Crippen molar-refractivity contribution in [2.75, 3.05) is 20.3 Å². The first-order valence-corrected chi connectivity index (χ1v) is 15.8. The number of nitrogens with two attached hydrogens (primary N) is 1. The average Bonchev–Trinajstić information content (AvgIpc) is 3.85. The summed E-state index contributed by atoms with van der Waals surface area (Å²) in [5.74, 6) is -3.92. The molecule has 0 radical (unpaired) electrons. The van der Waals surface area contributed by atoms with E-state index in [-0.39, 0.29) is 40.4 Å². The maximum Gasteiger partial charge on any atom is 0.266 e. The number of nitrogens with zero attached hydrogens (tertiary/aromatic N) is 3. The maximum atomic E-state index is 15.4. The van der Waals surface area contributed by atoms with Crippen molar-refractivity contribution in [1.29, 1.82) is 0 Å². The number of methoxy groups -OCH3 is 1. The molecule has 0 saturated heterocycles. The lowest BCUT2D eigenvalue weighted by molar-refractivity contribution is -0.117. The lowest BCUT2D eigenvalue weighted by Gasteiger charge is -2.30. The summed E-state index contributed by atoms with van der Waals surface area (Å²) in [4.78, 5) is 30.4. The van der Waals surface area contributed by atoms with E-state index < -0.39 is 59.6 Å². The molecule has 2 aromatic heterocycles. The number of hydrogen-bond acceptors (Lipinski definition) is 7. The molecule has 260 valence electrons. The number of hydrogen-bond donors (Lipinski definition) is 3. The molecular formula is C36H33F4N5O5. The largest absolute Gasteiger partial charge is 0.494 e. The fourth-order valence-corrected chi connectivity index (χ4v) is 5.82. The summed E-state index contributed by atoms with van der Waals surface area (Å²) in [6, 6.07) is 13.8. The predicted molar refractivity (Wildman–Crippen MR) is 175 cm³/mol. The van der Waals surface area contributed by atoms with Crippen molar-refractivity contribution in [2.45, 2.75) is 44.3 Å². The Morgan fingerprint density at radius 2 is 1.84 bits per heavy atom. The van der Waals surface area contributed by atoms with Crippen LogP contribution in [-0.2, 0) is 16.8 Å². The van der Waals surface area contributed by atoms with Crippen molar-refractivity contribution in [3.8, 4) is 22.8 Å². The predicted octanol–water partition coefficient (Wildman–Crippen LogP) is 5.75. The van der Waals surface area contributed by atoms with Crippen LogP contribution in [0.3, 0.4) is 0 Å². The van der Waals surface area contributed by atoms with E-state index >= 15 is 4.39 Å². The minimum Gasteiger partial charge on any atom is -0.494 e. The van der Waals surface area contributed by atoms with E-state index in [1.165, 1.54) is 19.2 Å². The van der Waals surface area contributed by atoms with Gasteiger partial charge >= 0.3 is 0 Å². The van der Waals surface area contributed by atoms with Crippen molar-refractivity contribution in [2.24, 2.45) is 5.73 Å². The zero-order chi connectivity index (χ0) is 35.7. The lowest BCUT2D eigenvalue weighted by atomic mass is 9.87. The Kier molecular flexibility index (Phi) is 9.47. The fraction of sp³-hybridized carbons (Fsp3) is 0.278. The molecule has 3 aromatic carbocycles. The van der Waals surface area contributed by atoms with Gasteiger partial charge in [-0.3, -0.25) is 14.3 Å². The second kappa shape index (κ2) is 13.8. The molecular weight excluding hydrogens is 658 g/mol. The van der Waals surface area contributed by atoms with Crippen LogP contribution in [0.25, 0.3) is 22.2 Å². The molecule has 50 heavy (non-hydrogen) atoms. The minimum absolute atomic E-state index is 0.0172. The first-order chi connectivity index (χ1) is 23.9. The van der Waals surface area contributed by atoms with E-state index in [1.54, 1.807) is 43.3 Å². The number of amides is 2. The Morgan fingerprint density at radius 1 is 1.10 bits per heavy atom. The van der Waals surface area contributed by atoms with Gasteiger partial charge in [-0.2, -0.15) is 5.10 Å². The standard InChI is InChI=1S/C36H33F4N5O5/c1-3-50-33-19(14-30(41)46)13-29(43-32(33)24-15-25(34(39)40)27(38)16-26(24)37)36(48,22-7-5-4-6-8-22)18-42-35(47)20-11-21-17-45(23-9-10-23)44-31(21)28(12-20)49-2/h4-8,11-13,15-17,23,34,48H,3,9-10,14,18H2,1-2H3,(H2,41,46)(H,42,47)/t36-/m1/s1. The molecule has 4 N–H and O–H groups in total. The van der Waals surface area contributed by atoms with Crippen LogP contribution in [0, 0.1) is 11.6 Å². The molecule has 6 rings (SSSR count). The number of alkyl halides is 2. The van der Waals surface area contributed by atoms with E-state index in [9.17, 15) is 27.9 Å².